The zero-order chi connectivity index (χ0) is 12.4. The van der Waals surface area contributed by atoms with Crippen LogP contribution in [0.3, 0.4) is 0 Å². The first-order chi connectivity index (χ1) is 8.68. The van der Waals surface area contributed by atoms with Gasteiger partial charge in [0.15, 0.2) is 17.3 Å². The average Bonchev–Trinajstić information content (AvgIpc) is 2.74. The smallest absolute Gasteiger partial charge is 0.218 e. The highest BCUT2D eigenvalue weighted by Crippen LogP contribution is 2.57. The van der Waals surface area contributed by atoms with Gasteiger partial charge < -0.3 is 9.47 Å². The molecule has 18 heavy (non-hydrogen) atoms. The normalized spacial score (nSPS) is 40.7. The van der Waals surface area contributed by atoms with Crippen molar-refractivity contribution < 1.29 is 23.7 Å². The van der Waals surface area contributed by atoms with Crippen LogP contribution in [0.1, 0.15) is 16.2 Å². The lowest BCUT2D eigenvalue weighted by atomic mass is 10.1. The van der Waals surface area contributed by atoms with Crippen LogP contribution in [0, 0.1) is 24.7 Å². The molecule has 4 rings (SSSR count). The van der Waals surface area contributed by atoms with Crippen LogP contribution >= 0.6 is 0 Å². The quantitative estimate of drug-likeness (QED) is 0.668. The Kier molecular flexibility index (Phi) is 1.86. The molecule has 0 amide bonds. The van der Waals surface area contributed by atoms with E-state index in [1.807, 2.05) is 0 Å². The maximum atomic E-state index is 12.3. The van der Waals surface area contributed by atoms with Crippen LogP contribution in [-0.4, -0.2) is 40.9 Å². The number of Topliss-reactive ketones (excluding diaryl/α,β-unsaturated/α-hetero) is 2. The first kappa shape index (κ1) is 10.3. The second kappa shape index (κ2) is 3.24. The average molecular weight is 250 g/mol. The Morgan fingerprint density at radius 3 is 2.94 bits per heavy atom. The molecule has 7 heteroatoms. The van der Waals surface area contributed by atoms with Gasteiger partial charge >= 0.3 is 0 Å². The van der Waals surface area contributed by atoms with E-state index < -0.39 is 6.29 Å². The highest BCUT2D eigenvalue weighted by atomic mass is 16.7. The molecule has 2 aliphatic heterocycles. The molecule has 1 aromatic rings. The number of aromatic nitrogens is 2. The van der Waals surface area contributed by atoms with Gasteiger partial charge in [0.1, 0.15) is 5.69 Å². The summed E-state index contributed by atoms with van der Waals surface area (Å²) in [5, 5.41) is 7.19. The number of hydrogen-bond acceptors (Lipinski definition) is 7. The number of carbonyl (C=O) groups excluding carboxylic acids is 2. The Bertz CT molecular complexity index is 553. The molecular formula is C11H10N2O5. The molecule has 3 heterocycles. The van der Waals surface area contributed by atoms with E-state index in [0.29, 0.717) is 12.3 Å². The SMILES string of the molecule is Cc1nonc1C(=O)[C@@H]1[C@@H]2C(=O)[C@@H]3OC[C@@H](O3)[C@@H]12. The Morgan fingerprint density at radius 2 is 2.22 bits per heavy atom. The van der Waals surface area contributed by atoms with Gasteiger partial charge in [-0.05, 0) is 12.1 Å². The molecule has 2 saturated heterocycles. The molecule has 94 valence electrons. The van der Waals surface area contributed by atoms with Gasteiger partial charge in [0.2, 0.25) is 6.29 Å². The van der Waals surface area contributed by atoms with Crippen LogP contribution in [0.2, 0.25) is 0 Å². The van der Waals surface area contributed by atoms with Crippen LogP contribution in [0.15, 0.2) is 4.63 Å². The summed E-state index contributed by atoms with van der Waals surface area (Å²) < 4.78 is 15.1. The third-order valence-corrected chi connectivity index (χ3v) is 3.96. The molecule has 3 aliphatic rings. The van der Waals surface area contributed by atoms with Gasteiger partial charge in [-0.1, -0.05) is 5.16 Å². The molecule has 0 aromatic carbocycles. The maximum absolute atomic E-state index is 12.3. The van der Waals surface area contributed by atoms with Gasteiger partial charge in [-0.3, -0.25) is 9.59 Å². The first-order valence-electron chi connectivity index (χ1n) is 5.82. The Labute approximate surface area is 101 Å². The number of carbonyl (C=O) groups is 2. The molecule has 1 saturated carbocycles. The third-order valence-electron chi connectivity index (χ3n) is 3.96. The van der Waals surface area contributed by atoms with E-state index in [4.69, 9.17) is 9.47 Å². The van der Waals surface area contributed by atoms with Gasteiger partial charge in [-0.15, -0.1) is 0 Å². The van der Waals surface area contributed by atoms with Gasteiger partial charge in [0.25, 0.3) is 0 Å². The Balaban J connectivity index is 1.64. The molecule has 0 unspecified atom stereocenters. The van der Waals surface area contributed by atoms with E-state index in [1.54, 1.807) is 6.92 Å². The number of fused-ring (bicyclic) bond motifs is 4. The molecular weight excluding hydrogens is 240 g/mol. The van der Waals surface area contributed by atoms with Crippen LogP contribution in [-0.2, 0) is 14.3 Å². The predicted octanol–water partition coefficient (Wildman–Crippen LogP) is -0.253. The summed E-state index contributed by atoms with van der Waals surface area (Å²) in [5.41, 5.74) is 0.678. The molecule has 5 atom stereocenters. The fraction of sp³-hybridized carbons (Fsp3) is 0.636. The maximum Gasteiger partial charge on any atom is 0.218 e. The molecule has 1 aromatic heterocycles. The minimum absolute atomic E-state index is 0.0696. The van der Waals surface area contributed by atoms with Gasteiger partial charge in [0.05, 0.1) is 12.7 Å². The fourth-order valence-corrected chi connectivity index (χ4v) is 3.04. The highest BCUT2D eigenvalue weighted by Gasteiger charge is 2.69. The van der Waals surface area contributed by atoms with E-state index in [1.165, 1.54) is 0 Å². The first-order valence-corrected chi connectivity index (χ1v) is 5.82. The molecule has 0 N–H and O–H groups in total. The summed E-state index contributed by atoms with van der Waals surface area (Å²) in [5.74, 6) is -0.990. The van der Waals surface area contributed by atoms with E-state index in [9.17, 15) is 9.59 Å². The topological polar surface area (TPSA) is 91.5 Å². The predicted molar refractivity (Wildman–Crippen MR) is 53.5 cm³/mol. The van der Waals surface area contributed by atoms with Crippen molar-refractivity contribution in [2.75, 3.05) is 6.61 Å². The lowest BCUT2D eigenvalue weighted by Gasteiger charge is -2.14. The van der Waals surface area contributed by atoms with E-state index in [-0.39, 0.29) is 41.1 Å². The Morgan fingerprint density at radius 1 is 1.39 bits per heavy atom. The molecule has 7 nitrogen and oxygen atoms in total. The minimum atomic E-state index is -0.773. The fourth-order valence-electron chi connectivity index (χ4n) is 3.04. The van der Waals surface area contributed by atoms with Crippen LogP contribution in [0.25, 0.3) is 0 Å². The van der Waals surface area contributed by atoms with E-state index >= 15 is 0 Å². The summed E-state index contributed by atoms with van der Waals surface area (Å²) >= 11 is 0. The van der Waals surface area contributed by atoms with Crippen molar-refractivity contribution in [3.8, 4) is 0 Å². The number of aryl methyl sites for hydroxylation is 1. The summed E-state index contributed by atoms with van der Waals surface area (Å²) in [7, 11) is 0. The van der Waals surface area contributed by atoms with Gasteiger partial charge in [0, 0.05) is 17.8 Å². The number of hydrogen-bond donors (Lipinski definition) is 0. The lowest BCUT2D eigenvalue weighted by Crippen LogP contribution is -2.30. The third kappa shape index (κ3) is 1.15. The van der Waals surface area contributed by atoms with Crippen molar-refractivity contribution >= 4 is 11.6 Å². The highest BCUT2D eigenvalue weighted by molar-refractivity contribution is 6.05. The summed E-state index contributed by atoms with van der Waals surface area (Å²) in [6.45, 7) is 2.04. The van der Waals surface area contributed by atoms with Crippen molar-refractivity contribution in [2.45, 2.75) is 19.3 Å². The lowest BCUT2D eigenvalue weighted by molar-refractivity contribution is -0.153. The van der Waals surface area contributed by atoms with Crippen molar-refractivity contribution in [3.05, 3.63) is 11.4 Å². The molecule has 1 aliphatic carbocycles. The van der Waals surface area contributed by atoms with Crippen LogP contribution in [0.5, 0.6) is 0 Å². The second-order valence-corrected chi connectivity index (χ2v) is 4.93. The van der Waals surface area contributed by atoms with Crippen LogP contribution in [0.4, 0.5) is 0 Å². The van der Waals surface area contributed by atoms with Crippen molar-refractivity contribution in [2.24, 2.45) is 17.8 Å². The number of ketones is 2. The minimum Gasteiger partial charge on any atom is -0.343 e. The second-order valence-electron chi connectivity index (χ2n) is 4.93. The summed E-state index contributed by atoms with van der Waals surface area (Å²) in [6, 6.07) is 0. The zero-order valence-electron chi connectivity index (χ0n) is 9.53. The van der Waals surface area contributed by atoms with E-state index in [0.717, 1.165) is 0 Å². The largest absolute Gasteiger partial charge is 0.343 e. The molecule has 0 radical (unpaired) electrons. The summed E-state index contributed by atoms with van der Waals surface area (Å²) in [6.07, 6.45) is -0.919. The Hall–Kier alpha value is -1.60. The monoisotopic (exact) mass is 250 g/mol. The van der Waals surface area contributed by atoms with Crippen molar-refractivity contribution in [3.63, 3.8) is 0 Å². The van der Waals surface area contributed by atoms with Crippen molar-refractivity contribution in [1.82, 2.24) is 10.3 Å². The molecule has 3 fully saturated rings. The number of nitrogens with zero attached hydrogens (tertiary/aromatic N) is 2. The summed E-state index contributed by atoms with van der Waals surface area (Å²) in [4.78, 5) is 24.2. The number of rotatable bonds is 2. The molecule has 0 spiro atoms. The van der Waals surface area contributed by atoms with Crippen molar-refractivity contribution in [1.29, 1.82) is 0 Å². The van der Waals surface area contributed by atoms with Crippen LogP contribution < -0.4 is 0 Å². The van der Waals surface area contributed by atoms with E-state index in [2.05, 4.69) is 14.9 Å². The van der Waals surface area contributed by atoms with Gasteiger partial charge in [-0.2, -0.15) is 0 Å². The standard InChI is InChI=1S/C11H10N2O5/c1-3-8(13-18-12-3)9(14)6-5-4-2-16-11(17-4)10(15)7(5)6/h4-7,11H,2H2,1H3/t4-,5+,6+,7-,11-/m1/s1. The van der Waals surface area contributed by atoms with Gasteiger partial charge in [-0.25, -0.2) is 4.63 Å². The number of ether oxygens (including phenoxy) is 2. The zero-order valence-corrected chi connectivity index (χ0v) is 9.53. The molecule has 2 bridgehead atoms.